The molecule has 9 heteroatoms. The Morgan fingerprint density at radius 2 is 1.60 bits per heavy atom. The van der Waals surface area contributed by atoms with Gasteiger partial charge < -0.3 is 19.6 Å². The number of ether oxygens (including phenoxy) is 2. The summed E-state index contributed by atoms with van der Waals surface area (Å²) in [5.74, 6) is -0.365. The number of esters is 1. The number of ketones is 1. The molecule has 0 saturated heterocycles. The number of hydrogen-bond donors (Lipinski definition) is 1. The Hall–Kier alpha value is -2.71. The minimum Gasteiger partial charge on any atom is -0.469 e. The van der Waals surface area contributed by atoms with Gasteiger partial charge in [0.15, 0.2) is 5.78 Å². The normalized spacial score (nSPS) is 41.8. The van der Waals surface area contributed by atoms with Crippen molar-refractivity contribution in [2.24, 2.45) is 55.4 Å². The largest absolute Gasteiger partial charge is 0.469 e. The molecule has 0 aromatic heterocycles. The molecule has 0 radical (unpaired) electrons. The van der Waals surface area contributed by atoms with Crippen molar-refractivity contribution in [3.63, 3.8) is 0 Å². The number of nitrogens with zero attached hydrogens (tertiary/aromatic N) is 1. The number of oxime groups is 1. The van der Waals surface area contributed by atoms with E-state index in [0.29, 0.717) is 6.42 Å². The van der Waals surface area contributed by atoms with E-state index in [2.05, 4.69) is 52.0 Å². The highest BCUT2D eigenvalue weighted by molar-refractivity contribution is 5.97. The zero-order valence-electron chi connectivity index (χ0n) is 31.6. The van der Waals surface area contributed by atoms with Gasteiger partial charge in [0.1, 0.15) is 11.6 Å². The lowest BCUT2D eigenvalue weighted by Crippen LogP contribution is -2.66. The Bertz CT molecular complexity index is 1440. The molecule has 48 heavy (non-hydrogen) atoms. The van der Waals surface area contributed by atoms with Crippen LogP contribution in [-0.4, -0.2) is 48.3 Å². The summed E-state index contributed by atoms with van der Waals surface area (Å²) in [7, 11) is 1.48. The molecule has 5 aliphatic carbocycles. The van der Waals surface area contributed by atoms with E-state index < -0.39 is 34.5 Å². The molecule has 4 saturated carbocycles. The van der Waals surface area contributed by atoms with Crippen LogP contribution in [0.3, 0.4) is 0 Å². The van der Waals surface area contributed by atoms with Gasteiger partial charge in [-0.25, -0.2) is 9.59 Å². The molecule has 0 heterocycles. The minimum absolute atomic E-state index is 0.0685. The van der Waals surface area contributed by atoms with Crippen molar-refractivity contribution in [2.75, 3.05) is 7.11 Å². The molecule has 0 aromatic carbocycles. The standard InChI is InChI=1S/C39H60N2O7/c1-23(40-32(45)47-33(2,3)4)30(43)48-41-28-14-15-37(9)27(34(28,5)6)13-16-39(11)29(37)26(42)21-24-25-22-36(8,31(44)46-12)18-17-35(25,7)19-20-38(24,39)10/h21,23,25,27,29H,13-20,22H2,1-12H3,(H,40,45)/b41-28+/t23-,25-,27-,29+,35+,36-,37-,38+,39+/m0/s1. The first kappa shape index (κ1) is 36.6. The predicted octanol–water partition coefficient (Wildman–Crippen LogP) is 7.95. The van der Waals surface area contributed by atoms with Crippen LogP contribution in [0.5, 0.6) is 0 Å². The van der Waals surface area contributed by atoms with E-state index in [4.69, 9.17) is 14.3 Å². The lowest BCUT2D eigenvalue weighted by Gasteiger charge is -2.70. The first-order chi connectivity index (χ1) is 22.0. The third-order valence-corrected chi connectivity index (χ3v) is 14.4. The molecule has 0 aromatic rings. The number of allylic oxidation sites excluding steroid dienone is 2. The van der Waals surface area contributed by atoms with Crippen LogP contribution in [0.15, 0.2) is 16.8 Å². The van der Waals surface area contributed by atoms with Crippen LogP contribution in [0.4, 0.5) is 4.79 Å². The molecule has 1 N–H and O–H groups in total. The molecule has 4 fully saturated rings. The average molecular weight is 669 g/mol. The zero-order valence-corrected chi connectivity index (χ0v) is 31.6. The van der Waals surface area contributed by atoms with Gasteiger partial charge in [-0.05, 0) is 132 Å². The highest BCUT2D eigenvalue weighted by Gasteiger charge is 2.70. The van der Waals surface area contributed by atoms with Crippen molar-refractivity contribution in [2.45, 2.75) is 146 Å². The second-order valence-electron chi connectivity index (χ2n) is 18.8. The third kappa shape index (κ3) is 5.63. The second-order valence-corrected chi connectivity index (χ2v) is 18.8. The van der Waals surface area contributed by atoms with Gasteiger partial charge in [-0.3, -0.25) is 9.59 Å². The first-order valence-electron chi connectivity index (χ1n) is 18.1. The van der Waals surface area contributed by atoms with Gasteiger partial charge in [-0.1, -0.05) is 52.3 Å². The van der Waals surface area contributed by atoms with Gasteiger partial charge in [-0.2, -0.15) is 0 Å². The summed E-state index contributed by atoms with van der Waals surface area (Å²) >= 11 is 0. The van der Waals surface area contributed by atoms with Crippen LogP contribution >= 0.6 is 0 Å². The minimum atomic E-state index is -0.926. The number of fused-ring (bicyclic) bond motifs is 7. The Kier molecular flexibility index (Phi) is 8.90. The fraction of sp³-hybridized carbons (Fsp3) is 0.821. The van der Waals surface area contributed by atoms with Crippen molar-refractivity contribution in [3.05, 3.63) is 11.6 Å². The monoisotopic (exact) mass is 668 g/mol. The number of carbonyl (C=O) groups excluding carboxylic acids is 4. The molecule has 0 spiro atoms. The fourth-order valence-corrected chi connectivity index (χ4v) is 11.3. The molecule has 9 atom stereocenters. The second kappa shape index (κ2) is 11.7. The Morgan fingerprint density at radius 1 is 0.958 bits per heavy atom. The molecule has 5 aliphatic rings. The van der Waals surface area contributed by atoms with Gasteiger partial charge in [0.25, 0.3) is 0 Å². The van der Waals surface area contributed by atoms with E-state index in [9.17, 15) is 19.2 Å². The summed E-state index contributed by atoms with van der Waals surface area (Å²) in [4.78, 5) is 58.1. The lowest BCUT2D eigenvalue weighted by molar-refractivity contribution is -0.176. The van der Waals surface area contributed by atoms with E-state index in [0.717, 1.165) is 57.1 Å². The highest BCUT2D eigenvalue weighted by atomic mass is 16.7. The summed E-state index contributed by atoms with van der Waals surface area (Å²) in [5.41, 5.74) is -0.109. The molecule has 0 aliphatic heterocycles. The molecular formula is C39H60N2O7. The van der Waals surface area contributed by atoms with Crippen LogP contribution in [0.25, 0.3) is 0 Å². The Morgan fingerprint density at radius 3 is 2.23 bits per heavy atom. The molecule has 268 valence electrons. The highest BCUT2D eigenvalue weighted by Crippen LogP contribution is 2.75. The number of methoxy groups -OCH3 is 1. The molecule has 1 amide bonds. The number of amides is 1. The maximum atomic E-state index is 14.7. The van der Waals surface area contributed by atoms with Crippen LogP contribution < -0.4 is 5.32 Å². The SMILES string of the molecule is COC(=O)[C@@]1(C)CC[C@]2(C)CC[C@]3(C)C(=CC(=O)[C@@H]4[C@@]5(C)CC/C(=N\OC(=O)[C@H](C)NC(=O)OC(C)(C)C)C(C)(C)[C@@H]5CC[C@]43C)[C@@H]2C1. The van der Waals surface area contributed by atoms with Gasteiger partial charge in [-0.15, -0.1) is 0 Å². The molecule has 9 nitrogen and oxygen atoms in total. The number of alkyl carbamates (subject to hydrolysis) is 1. The summed E-state index contributed by atoms with van der Waals surface area (Å²) in [5, 5.41) is 6.93. The predicted molar refractivity (Wildman–Crippen MR) is 184 cm³/mol. The Balaban J connectivity index is 1.41. The average Bonchev–Trinajstić information content (AvgIpc) is 2.96. The molecule has 5 rings (SSSR count). The summed E-state index contributed by atoms with van der Waals surface area (Å²) in [6, 6.07) is -0.926. The molecule has 0 unspecified atom stereocenters. The summed E-state index contributed by atoms with van der Waals surface area (Å²) in [6.45, 7) is 22.7. The van der Waals surface area contributed by atoms with Crippen LogP contribution in [0, 0.1) is 50.2 Å². The van der Waals surface area contributed by atoms with E-state index in [1.807, 2.05) is 13.0 Å². The van der Waals surface area contributed by atoms with Crippen molar-refractivity contribution in [3.8, 4) is 0 Å². The topological polar surface area (TPSA) is 120 Å². The number of hydrogen-bond acceptors (Lipinski definition) is 8. The fourth-order valence-electron chi connectivity index (χ4n) is 11.3. The maximum absolute atomic E-state index is 14.7. The van der Waals surface area contributed by atoms with Gasteiger partial charge >= 0.3 is 18.0 Å². The Labute approximate surface area is 287 Å². The van der Waals surface area contributed by atoms with Gasteiger partial charge in [0.2, 0.25) is 0 Å². The smallest absolute Gasteiger partial charge is 0.408 e. The molecule has 0 bridgehead atoms. The number of carbonyl (C=O) groups is 4. The van der Waals surface area contributed by atoms with E-state index in [1.165, 1.54) is 12.7 Å². The third-order valence-electron chi connectivity index (χ3n) is 14.4. The van der Waals surface area contributed by atoms with Crippen molar-refractivity contribution < 1.29 is 33.5 Å². The summed E-state index contributed by atoms with van der Waals surface area (Å²) < 4.78 is 10.5. The summed E-state index contributed by atoms with van der Waals surface area (Å²) in [6.07, 6.45) is 9.23. The van der Waals surface area contributed by atoms with Gasteiger partial charge in [0.05, 0.1) is 18.2 Å². The van der Waals surface area contributed by atoms with Crippen molar-refractivity contribution in [1.29, 1.82) is 0 Å². The zero-order chi connectivity index (χ0) is 35.9. The van der Waals surface area contributed by atoms with Crippen molar-refractivity contribution >= 4 is 29.5 Å². The van der Waals surface area contributed by atoms with Crippen LogP contribution in [0.2, 0.25) is 0 Å². The molecular weight excluding hydrogens is 608 g/mol. The number of rotatable bonds is 4. The van der Waals surface area contributed by atoms with Crippen LogP contribution in [0.1, 0.15) is 134 Å². The van der Waals surface area contributed by atoms with Gasteiger partial charge in [0, 0.05) is 11.3 Å². The quantitative estimate of drug-likeness (QED) is 0.183. The van der Waals surface area contributed by atoms with E-state index in [1.54, 1.807) is 27.7 Å². The lowest BCUT2D eigenvalue weighted by atomic mass is 9.33. The first-order valence-corrected chi connectivity index (χ1v) is 18.1. The van der Waals surface area contributed by atoms with E-state index >= 15 is 0 Å². The number of nitrogens with one attached hydrogen (secondary N) is 1. The maximum Gasteiger partial charge on any atom is 0.408 e. The van der Waals surface area contributed by atoms with Crippen molar-refractivity contribution in [1.82, 2.24) is 5.32 Å². The van der Waals surface area contributed by atoms with E-state index in [-0.39, 0.29) is 51.2 Å². The van der Waals surface area contributed by atoms with Crippen LogP contribution in [-0.2, 0) is 28.7 Å².